The third-order valence-corrected chi connectivity index (χ3v) is 3.75. The van der Waals surface area contributed by atoms with E-state index < -0.39 is 0 Å². The molecule has 0 radical (unpaired) electrons. The van der Waals surface area contributed by atoms with Crippen molar-refractivity contribution in [2.75, 3.05) is 26.1 Å². The van der Waals surface area contributed by atoms with Gasteiger partial charge in [-0.2, -0.15) is 0 Å². The highest BCUT2D eigenvalue weighted by molar-refractivity contribution is 5.93. The number of amides is 1. The molecule has 0 heterocycles. The molecule has 134 valence electrons. The number of rotatable bonds is 6. The standard InChI is InChI=1S/C20H25NO4/c1-20(2,3)14-7-6-8-16(11-14)25-13-19(22)21-17-10-9-15(23-4)12-18(17)24-5/h6-12H,13H2,1-5H3,(H,21,22). The first-order valence-corrected chi connectivity index (χ1v) is 8.08. The molecule has 2 aromatic rings. The first kappa shape index (κ1) is 18.6. The van der Waals surface area contributed by atoms with Gasteiger partial charge in [0.1, 0.15) is 17.2 Å². The lowest BCUT2D eigenvalue weighted by atomic mass is 9.87. The summed E-state index contributed by atoms with van der Waals surface area (Å²) in [6.45, 7) is 6.32. The second kappa shape index (κ2) is 7.92. The van der Waals surface area contributed by atoms with Crippen molar-refractivity contribution in [1.29, 1.82) is 0 Å². The second-order valence-electron chi connectivity index (χ2n) is 6.68. The molecule has 0 aliphatic carbocycles. The van der Waals surface area contributed by atoms with Crippen LogP contribution >= 0.6 is 0 Å². The van der Waals surface area contributed by atoms with E-state index in [4.69, 9.17) is 14.2 Å². The Balaban J connectivity index is 2.00. The number of hydrogen-bond acceptors (Lipinski definition) is 4. The monoisotopic (exact) mass is 343 g/mol. The van der Waals surface area contributed by atoms with Crippen LogP contribution in [-0.2, 0) is 10.2 Å². The van der Waals surface area contributed by atoms with Gasteiger partial charge in [0.15, 0.2) is 6.61 Å². The number of methoxy groups -OCH3 is 2. The molecule has 2 rings (SSSR count). The molecule has 0 saturated carbocycles. The van der Waals surface area contributed by atoms with Gasteiger partial charge >= 0.3 is 0 Å². The zero-order valence-electron chi connectivity index (χ0n) is 15.4. The van der Waals surface area contributed by atoms with Gasteiger partial charge in [-0.25, -0.2) is 0 Å². The Kier molecular flexibility index (Phi) is 5.91. The van der Waals surface area contributed by atoms with Crippen molar-refractivity contribution in [3.63, 3.8) is 0 Å². The van der Waals surface area contributed by atoms with Crippen LogP contribution in [0, 0.1) is 0 Å². The largest absolute Gasteiger partial charge is 0.497 e. The summed E-state index contributed by atoms with van der Waals surface area (Å²) in [6, 6.07) is 13.0. The molecule has 0 spiro atoms. The molecule has 0 unspecified atom stereocenters. The Morgan fingerprint density at radius 1 is 1.00 bits per heavy atom. The number of ether oxygens (including phenoxy) is 3. The van der Waals surface area contributed by atoms with Gasteiger partial charge in [-0.05, 0) is 35.2 Å². The van der Waals surface area contributed by atoms with Gasteiger partial charge in [-0.1, -0.05) is 32.9 Å². The smallest absolute Gasteiger partial charge is 0.262 e. The first-order chi connectivity index (χ1) is 11.8. The maximum Gasteiger partial charge on any atom is 0.262 e. The topological polar surface area (TPSA) is 56.8 Å². The van der Waals surface area contributed by atoms with Crippen molar-refractivity contribution >= 4 is 11.6 Å². The fourth-order valence-corrected chi connectivity index (χ4v) is 2.29. The normalized spacial score (nSPS) is 10.9. The van der Waals surface area contributed by atoms with E-state index in [1.165, 1.54) is 0 Å². The van der Waals surface area contributed by atoms with Gasteiger partial charge < -0.3 is 19.5 Å². The van der Waals surface area contributed by atoms with Crippen molar-refractivity contribution in [2.45, 2.75) is 26.2 Å². The number of benzene rings is 2. The van der Waals surface area contributed by atoms with Crippen molar-refractivity contribution in [2.24, 2.45) is 0 Å². The minimum Gasteiger partial charge on any atom is -0.497 e. The van der Waals surface area contributed by atoms with E-state index in [0.29, 0.717) is 22.9 Å². The first-order valence-electron chi connectivity index (χ1n) is 8.08. The highest BCUT2D eigenvalue weighted by atomic mass is 16.5. The van der Waals surface area contributed by atoms with Crippen LogP contribution in [0.5, 0.6) is 17.2 Å². The molecule has 5 heteroatoms. The van der Waals surface area contributed by atoms with Crippen LogP contribution in [-0.4, -0.2) is 26.7 Å². The zero-order valence-corrected chi connectivity index (χ0v) is 15.4. The van der Waals surface area contributed by atoms with E-state index in [2.05, 4.69) is 32.2 Å². The van der Waals surface area contributed by atoms with Crippen molar-refractivity contribution in [1.82, 2.24) is 0 Å². The lowest BCUT2D eigenvalue weighted by Gasteiger charge is -2.19. The summed E-state index contributed by atoms with van der Waals surface area (Å²) < 4.78 is 16.0. The Morgan fingerprint density at radius 2 is 1.76 bits per heavy atom. The zero-order chi connectivity index (χ0) is 18.4. The molecule has 5 nitrogen and oxygen atoms in total. The summed E-state index contributed by atoms with van der Waals surface area (Å²) in [5.41, 5.74) is 1.75. The summed E-state index contributed by atoms with van der Waals surface area (Å²) in [5, 5.41) is 2.78. The van der Waals surface area contributed by atoms with E-state index >= 15 is 0 Å². The summed E-state index contributed by atoms with van der Waals surface area (Å²) >= 11 is 0. The number of anilines is 1. The Hall–Kier alpha value is -2.69. The van der Waals surface area contributed by atoms with Gasteiger partial charge in [-0.3, -0.25) is 4.79 Å². The van der Waals surface area contributed by atoms with E-state index in [1.54, 1.807) is 32.4 Å². The molecule has 0 aliphatic heterocycles. The SMILES string of the molecule is COc1ccc(NC(=O)COc2cccc(C(C)(C)C)c2)c(OC)c1. The molecule has 1 N–H and O–H groups in total. The number of carbonyl (C=O) groups is 1. The average molecular weight is 343 g/mol. The average Bonchev–Trinajstić information content (AvgIpc) is 2.60. The lowest BCUT2D eigenvalue weighted by molar-refractivity contribution is -0.118. The van der Waals surface area contributed by atoms with Crippen molar-refractivity contribution in [3.8, 4) is 17.2 Å². The lowest BCUT2D eigenvalue weighted by Crippen LogP contribution is -2.20. The van der Waals surface area contributed by atoms with Gasteiger partial charge in [0.25, 0.3) is 5.91 Å². The predicted molar refractivity (Wildman–Crippen MR) is 98.8 cm³/mol. The minimum absolute atomic E-state index is 0.0259. The Morgan fingerprint density at radius 3 is 2.40 bits per heavy atom. The number of nitrogens with one attached hydrogen (secondary N) is 1. The van der Waals surface area contributed by atoms with Crippen molar-refractivity contribution in [3.05, 3.63) is 48.0 Å². The Labute approximate surface area is 148 Å². The molecule has 0 bridgehead atoms. The van der Waals surface area contributed by atoms with Crippen LogP contribution in [0.15, 0.2) is 42.5 Å². The molecule has 0 saturated heterocycles. The van der Waals surface area contributed by atoms with Crippen LogP contribution < -0.4 is 19.5 Å². The molecule has 2 aromatic carbocycles. The van der Waals surface area contributed by atoms with E-state index in [0.717, 1.165) is 5.56 Å². The summed E-state index contributed by atoms with van der Waals surface area (Å²) in [7, 11) is 3.12. The third kappa shape index (κ3) is 5.14. The summed E-state index contributed by atoms with van der Waals surface area (Å²) in [6.07, 6.45) is 0. The molecule has 0 aliphatic rings. The Bertz CT molecular complexity index is 735. The molecule has 1 amide bonds. The van der Waals surface area contributed by atoms with Gasteiger partial charge in [0.2, 0.25) is 0 Å². The van der Waals surface area contributed by atoms with Gasteiger partial charge in [-0.15, -0.1) is 0 Å². The highest BCUT2D eigenvalue weighted by Gasteiger charge is 2.14. The van der Waals surface area contributed by atoms with Gasteiger partial charge in [0, 0.05) is 6.07 Å². The van der Waals surface area contributed by atoms with E-state index in [-0.39, 0.29) is 17.9 Å². The molecular weight excluding hydrogens is 318 g/mol. The fraction of sp³-hybridized carbons (Fsp3) is 0.350. The third-order valence-electron chi connectivity index (χ3n) is 3.75. The minimum atomic E-state index is -0.260. The van der Waals surface area contributed by atoms with E-state index in [1.807, 2.05) is 18.2 Å². The number of carbonyl (C=O) groups excluding carboxylic acids is 1. The maximum absolute atomic E-state index is 12.2. The van der Waals surface area contributed by atoms with Crippen LogP contribution in [0.3, 0.4) is 0 Å². The second-order valence-corrected chi connectivity index (χ2v) is 6.68. The van der Waals surface area contributed by atoms with Crippen LogP contribution in [0.1, 0.15) is 26.3 Å². The quantitative estimate of drug-likeness (QED) is 0.861. The highest BCUT2D eigenvalue weighted by Crippen LogP contribution is 2.29. The van der Waals surface area contributed by atoms with Crippen LogP contribution in [0.25, 0.3) is 0 Å². The molecule has 0 aromatic heterocycles. The van der Waals surface area contributed by atoms with Crippen molar-refractivity contribution < 1.29 is 19.0 Å². The summed E-state index contributed by atoms with van der Waals surface area (Å²) in [4.78, 5) is 12.2. The van der Waals surface area contributed by atoms with Crippen LogP contribution in [0.4, 0.5) is 5.69 Å². The fourth-order valence-electron chi connectivity index (χ4n) is 2.29. The van der Waals surface area contributed by atoms with Gasteiger partial charge in [0.05, 0.1) is 19.9 Å². The molecule has 25 heavy (non-hydrogen) atoms. The molecule has 0 atom stereocenters. The summed E-state index contributed by atoms with van der Waals surface area (Å²) in [5.74, 6) is 1.60. The molecule has 0 fully saturated rings. The van der Waals surface area contributed by atoms with E-state index in [9.17, 15) is 4.79 Å². The predicted octanol–water partition coefficient (Wildman–Crippen LogP) is 4.02. The number of hydrogen-bond donors (Lipinski definition) is 1. The maximum atomic E-state index is 12.2. The van der Waals surface area contributed by atoms with Crippen LogP contribution in [0.2, 0.25) is 0 Å². The molecular formula is C20H25NO4.